The lowest BCUT2D eigenvalue weighted by atomic mass is 10.0. The number of hydrazine groups is 2. The van der Waals surface area contributed by atoms with E-state index in [0.717, 1.165) is 11.1 Å². The van der Waals surface area contributed by atoms with Gasteiger partial charge in [0.2, 0.25) is 5.91 Å². The zero-order valence-corrected chi connectivity index (χ0v) is 18.5. The molecule has 0 saturated carbocycles. The molecule has 1 fully saturated rings. The van der Waals surface area contributed by atoms with Crippen LogP contribution >= 0.6 is 0 Å². The fraction of sp³-hybridized carbons (Fsp3) is 0.192. The first-order chi connectivity index (χ1) is 16.6. The topological polar surface area (TPSA) is 111 Å². The maximum atomic E-state index is 12.7. The van der Waals surface area contributed by atoms with Gasteiger partial charge in [-0.15, -0.1) is 0 Å². The van der Waals surface area contributed by atoms with Crippen LogP contribution in [-0.4, -0.2) is 23.8 Å². The molecule has 0 radical (unpaired) electrons. The van der Waals surface area contributed by atoms with E-state index in [2.05, 4.69) is 27.0 Å². The van der Waals surface area contributed by atoms with Gasteiger partial charge in [-0.1, -0.05) is 78.9 Å². The number of nitrogens with one attached hydrogen (secondary N) is 5. The van der Waals surface area contributed by atoms with Crippen LogP contribution in [0.25, 0.3) is 0 Å². The monoisotopic (exact) mass is 457 g/mol. The van der Waals surface area contributed by atoms with Gasteiger partial charge in [0.05, 0.1) is 12.5 Å². The Bertz CT molecular complexity index is 1110. The van der Waals surface area contributed by atoms with Crippen molar-refractivity contribution in [1.29, 1.82) is 0 Å². The third kappa shape index (κ3) is 6.06. The van der Waals surface area contributed by atoms with Crippen molar-refractivity contribution in [2.75, 3.05) is 0 Å². The summed E-state index contributed by atoms with van der Waals surface area (Å²) in [6.07, 6.45) is 0.511. The maximum absolute atomic E-state index is 12.7. The second-order valence-corrected chi connectivity index (χ2v) is 8.08. The van der Waals surface area contributed by atoms with Crippen molar-refractivity contribution < 1.29 is 14.4 Å². The van der Waals surface area contributed by atoms with Gasteiger partial charge in [0, 0.05) is 11.6 Å². The summed E-state index contributed by atoms with van der Waals surface area (Å²) in [5.74, 6) is -1.04. The van der Waals surface area contributed by atoms with Crippen LogP contribution in [0, 0.1) is 0 Å². The highest BCUT2D eigenvalue weighted by Crippen LogP contribution is 2.22. The van der Waals surface area contributed by atoms with E-state index < -0.39 is 18.0 Å². The molecule has 1 heterocycles. The molecule has 3 aromatic rings. The molecule has 0 bridgehead atoms. The van der Waals surface area contributed by atoms with Gasteiger partial charge in [0.1, 0.15) is 6.04 Å². The summed E-state index contributed by atoms with van der Waals surface area (Å²) in [5, 5.41) is 2.91. The molecule has 3 aromatic carbocycles. The van der Waals surface area contributed by atoms with Crippen LogP contribution in [0.1, 0.15) is 46.4 Å². The molecular formula is C26H27N5O3. The molecule has 3 atom stereocenters. The van der Waals surface area contributed by atoms with Crippen molar-refractivity contribution in [3.63, 3.8) is 0 Å². The lowest BCUT2D eigenvalue weighted by Gasteiger charge is -2.19. The number of benzene rings is 3. The first-order valence-electron chi connectivity index (χ1n) is 11.2. The van der Waals surface area contributed by atoms with Crippen LogP contribution in [0.2, 0.25) is 0 Å². The van der Waals surface area contributed by atoms with E-state index >= 15 is 0 Å². The van der Waals surface area contributed by atoms with Crippen LogP contribution in [0.5, 0.6) is 0 Å². The highest BCUT2D eigenvalue weighted by atomic mass is 16.2. The van der Waals surface area contributed by atoms with E-state index in [4.69, 9.17) is 0 Å². The van der Waals surface area contributed by atoms with Crippen molar-refractivity contribution in [1.82, 2.24) is 27.0 Å². The molecule has 174 valence electrons. The molecule has 1 aliphatic rings. The van der Waals surface area contributed by atoms with Gasteiger partial charge in [0.25, 0.3) is 11.8 Å². The van der Waals surface area contributed by atoms with Gasteiger partial charge in [-0.3, -0.25) is 25.2 Å². The minimum absolute atomic E-state index is 0.00307. The number of hydrogen-bond donors (Lipinski definition) is 5. The molecule has 1 saturated heterocycles. The zero-order valence-electron chi connectivity index (χ0n) is 18.5. The van der Waals surface area contributed by atoms with Gasteiger partial charge < -0.3 is 5.32 Å². The Kier molecular flexibility index (Phi) is 7.64. The number of rotatable bonds is 7. The average molecular weight is 458 g/mol. The predicted octanol–water partition coefficient (Wildman–Crippen LogP) is 2.30. The van der Waals surface area contributed by atoms with E-state index in [-0.39, 0.29) is 24.3 Å². The van der Waals surface area contributed by atoms with Crippen LogP contribution in [0.15, 0.2) is 91.0 Å². The second kappa shape index (κ2) is 11.2. The summed E-state index contributed by atoms with van der Waals surface area (Å²) in [7, 11) is 0. The van der Waals surface area contributed by atoms with Crippen LogP contribution in [-0.2, 0) is 9.59 Å². The van der Waals surface area contributed by atoms with Gasteiger partial charge in [-0.25, -0.2) is 10.9 Å². The highest BCUT2D eigenvalue weighted by Gasteiger charge is 2.30. The van der Waals surface area contributed by atoms with E-state index in [1.54, 1.807) is 24.3 Å². The van der Waals surface area contributed by atoms with E-state index in [0.29, 0.717) is 12.0 Å². The molecule has 34 heavy (non-hydrogen) atoms. The van der Waals surface area contributed by atoms with Gasteiger partial charge in [-0.2, -0.15) is 0 Å². The number of hydrogen-bond acceptors (Lipinski definition) is 5. The Labute approximate surface area is 198 Å². The Morgan fingerprint density at radius 1 is 0.794 bits per heavy atom. The highest BCUT2D eigenvalue weighted by molar-refractivity contribution is 5.94. The van der Waals surface area contributed by atoms with Crippen molar-refractivity contribution >= 4 is 17.7 Å². The number of carbonyl (C=O) groups excluding carboxylic acids is 3. The summed E-state index contributed by atoms with van der Waals surface area (Å²) >= 11 is 0. The summed E-state index contributed by atoms with van der Waals surface area (Å²) in [4.78, 5) is 37.9. The molecule has 8 heteroatoms. The van der Waals surface area contributed by atoms with Crippen molar-refractivity contribution in [2.24, 2.45) is 0 Å². The van der Waals surface area contributed by atoms with Gasteiger partial charge in [0.15, 0.2) is 0 Å². The second-order valence-electron chi connectivity index (χ2n) is 8.08. The van der Waals surface area contributed by atoms with Gasteiger partial charge >= 0.3 is 0 Å². The smallest absolute Gasteiger partial charge is 0.256 e. The SMILES string of the molecule is O=C(CC(NC(=O)c1ccccc1)c1ccccc1)NNC(=O)C1CC(c2ccccc2)NN1. The molecular weight excluding hydrogens is 430 g/mol. The van der Waals surface area contributed by atoms with Crippen LogP contribution < -0.4 is 27.0 Å². The lowest BCUT2D eigenvalue weighted by molar-refractivity contribution is -0.130. The summed E-state index contributed by atoms with van der Waals surface area (Å²) in [6, 6.07) is 26.9. The van der Waals surface area contributed by atoms with Gasteiger partial charge in [-0.05, 0) is 29.7 Å². The minimum Gasteiger partial charge on any atom is -0.345 e. The van der Waals surface area contributed by atoms with E-state index in [9.17, 15) is 14.4 Å². The Morgan fingerprint density at radius 3 is 2.09 bits per heavy atom. The van der Waals surface area contributed by atoms with Crippen LogP contribution in [0.4, 0.5) is 0 Å². The number of amides is 3. The van der Waals surface area contributed by atoms with Crippen molar-refractivity contribution in [3.8, 4) is 0 Å². The molecule has 0 aliphatic carbocycles. The van der Waals surface area contributed by atoms with E-state index in [1.165, 1.54) is 0 Å². The largest absolute Gasteiger partial charge is 0.345 e. The number of carbonyl (C=O) groups is 3. The Morgan fingerprint density at radius 2 is 1.41 bits per heavy atom. The summed E-state index contributed by atoms with van der Waals surface area (Å²) in [6.45, 7) is 0. The maximum Gasteiger partial charge on any atom is 0.256 e. The lowest BCUT2D eigenvalue weighted by Crippen LogP contribution is -2.50. The fourth-order valence-electron chi connectivity index (χ4n) is 3.86. The normalized spacial score (nSPS) is 18.0. The fourth-order valence-corrected chi connectivity index (χ4v) is 3.86. The molecule has 4 rings (SSSR count). The quantitative estimate of drug-likeness (QED) is 0.350. The average Bonchev–Trinajstić information content (AvgIpc) is 3.39. The summed E-state index contributed by atoms with van der Waals surface area (Å²) in [5.41, 5.74) is 13.4. The Hall–Kier alpha value is -4.01. The van der Waals surface area contributed by atoms with Crippen molar-refractivity contribution in [2.45, 2.75) is 31.0 Å². The van der Waals surface area contributed by atoms with E-state index in [1.807, 2.05) is 66.7 Å². The standard InChI is InChI=1S/C26H27N5O3/c32-24(30-31-26(34)23-16-22(28-29-23)19-12-6-2-7-13-19)17-21(18-10-4-1-5-11-18)27-25(33)20-14-8-3-9-15-20/h1-15,21-23,28-29H,16-17H2,(H,27,33)(H,30,32)(H,31,34). The first-order valence-corrected chi connectivity index (χ1v) is 11.2. The molecule has 0 spiro atoms. The molecule has 0 aromatic heterocycles. The Balaban J connectivity index is 1.32. The first kappa shape index (κ1) is 23.2. The molecule has 3 unspecified atom stereocenters. The molecule has 1 aliphatic heterocycles. The predicted molar refractivity (Wildman–Crippen MR) is 128 cm³/mol. The zero-order chi connectivity index (χ0) is 23.8. The molecule has 3 amide bonds. The third-order valence-electron chi connectivity index (χ3n) is 5.68. The molecule has 5 N–H and O–H groups in total. The summed E-state index contributed by atoms with van der Waals surface area (Å²) < 4.78 is 0. The molecule has 8 nitrogen and oxygen atoms in total. The van der Waals surface area contributed by atoms with Crippen LogP contribution in [0.3, 0.4) is 0 Å². The van der Waals surface area contributed by atoms with Crippen molar-refractivity contribution in [3.05, 3.63) is 108 Å². The third-order valence-corrected chi connectivity index (χ3v) is 5.68. The minimum atomic E-state index is -0.556.